The quantitative estimate of drug-likeness (QED) is 0.874. The highest BCUT2D eigenvalue weighted by atomic mass is 16.6. The van der Waals surface area contributed by atoms with Crippen molar-refractivity contribution >= 4 is 11.8 Å². The molecule has 1 atom stereocenters. The third-order valence-electron chi connectivity index (χ3n) is 2.99. The van der Waals surface area contributed by atoms with Gasteiger partial charge in [-0.2, -0.15) is 5.26 Å². The van der Waals surface area contributed by atoms with Crippen molar-refractivity contribution in [3.63, 3.8) is 0 Å². The van der Waals surface area contributed by atoms with Crippen molar-refractivity contribution < 1.29 is 9.53 Å². The predicted octanol–water partition coefficient (Wildman–Crippen LogP) is 1.48. The van der Waals surface area contributed by atoms with E-state index in [9.17, 15) is 4.79 Å². The topological polar surface area (TPSA) is 79.3 Å². The smallest absolute Gasteiger partial charge is 0.414 e. The number of rotatable bonds is 3. The Hall–Kier alpha value is -2.06. The molecular formula is C13H15N3O2. The van der Waals surface area contributed by atoms with E-state index in [2.05, 4.69) is 6.07 Å². The Balaban J connectivity index is 2.25. The molecule has 1 aromatic carbocycles. The molecule has 2 rings (SSSR count). The maximum atomic E-state index is 11.8. The van der Waals surface area contributed by atoms with Gasteiger partial charge in [-0.25, -0.2) is 4.79 Å². The number of hydrogen-bond donors (Lipinski definition) is 1. The Bertz CT molecular complexity index is 481. The number of carbonyl (C=O) groups is 1. The molecule has 1 amide bonds. The number of anilines is 1. The van der Waals surface area contributed by atoms with Gasteiger partial charge in [0.1, 0.15) is 6.07 Å². The third-order valence-corrected chi connectivity index (χ3v) is 2.99. The van der Waals surface area contributed by atoms with Crippen molar-refractivity contribution in [2.24, 2.45) is 11.7 Å². The number of nitrogens with two attached hydrogens (primary N) is 1. The first-order valence-corrected chi connectivity index (χ1v) is 5.89. The van der Waals surface area contributed by atoms with Crippen LogP contribution in [0.25, 0.3) is 0 Å². The molecule has 18 heavy (non-hydrogen) atoms. The highest BCUT2D eigenvalue weighted by Gasteiger charge is 2.29. The molecule has 1 fully saturated rings. The molecule has 0 bridgehead atoms. The Morgan fingerprint density at radius 3 is 3.00 bits per heavy atom. The second kappa shape index (κ2) is 5.52. The lowest BCUT2D eigenvalue weighted by Gasteiger charge is -2.32. The number of benzene rings is 1. The second-order valence-corrected chi connectivity index (χ2v) is 4.26. The van der Waals surface area contributed by atoms with Gasteiger partial charge in [-0.3, -0.25) is 4.90 Å². The van der Waals surface area contributed by atoms with E-state index in [1.807, 2.05) is 0 Å². The van der Waals surface area contributed by atoms with Gasteiger partial charge < -0.3 is 10.5 Å². The Kier molecular flexibility index (Phi) is 3.80. The average molecular weight is 245 g/mol. The summed E-state index contributed by atoms with van der Waals surface area (Å²) in [5.41, 5.74) is 6.60. The Morgan fingerprint density at radius 2 is 2.28 bits per heavy atom. The van der Waals surface area contributed by atoms with Crippen LogP contribution in [0.4, 0.5) is 10.5 Å². The molecule has 1 saturated heterocycles. The van der Waals surface area contributed by atoms with Gasteiger partial charge in [0.05, 0.1) is 17.9 Å². The lowest BCUT2D eigenvalue weighted by molar-refractivity contribution is 0.113. The van der Waals surface area contributed by atoms with Gasteiger partial charge in [0.2, 0.25) is 0 Å². The lowest BCUT2D eigenvalue weighted by atomic mass is 10.0. The molecule has 0 aromatic heterocycles. The zero-order valence-electron chi connectivity index (χ0n) is 10.0. The molecule has 5 heteroatoms. The fourth-order valence-corrected chi connectivity index (χ4v) is 2.06. The Morgan fingerprint density at radius 1 is 1.50 bits per heavy atom. The largest absolute Gasteiger partial charge is 0.449 e. The van der Waals surface area contributed by atoms with E-state index in [1.54, 1.807) is 24.3 Å². The van der Waals surface area contributed by atoms with Crippen LogP contribution in [0, 0.1) is 17.2 Å². The molecule has 1 aromatic rings. The van der Waals surface area contributed by atoms with Gasteiger partial charge in [0, 0.05) is 12.5 Å². The van der Waals surface area contributed by atoms with Gasteiger partial charge in [0.15, 0.2) is 0 Å². The van der Waals surface area contributed by atoms with Crippen molar-refractivity contribution in [2.45, 2.75) is 6.42 Å². The molecule has 5 nitrogen and oxygen atoms in total. The standard InChI is InChI=1S/C13H15N3O2/c14-6-5-10-8-16(13(17)18-9-10)12-4-2-1-3-11(12)7-15/h1-4,10H,5-6,8-9,14H2. The van der Waals surface area contributed by atoms with Gasteiger partial charge >= 0.3 is 6.09 Å². The number of nitrogens with zero attached hydrogens (tertiary/aromatic N) is 2. The maximum Gasteiger partial charge on any atom is 0.414 e. The zero-order valence-corrected chi connectivity index (χ0v) is 10.0. The molecule has 0 saturated carbocycles. The summed E-state index contributed by atoms with van der Waals surface area (Å²) in [5, 5.41) is 9.06. The van der Waals surface area contributed by atoms with E-state index in [4.69, 9.17) is 15.7 Å². The molecule has 1 heterocycles. The minimum Gasteiger partial charge on any atom is -0.449 e. The summed E-state index contributed by atoms with van der Waals surface area (Å²) in [6, 6.07) is 9.10. The van der Waals surface area contributed by atoms with E-state index in [0.29, 0.717) is 30.9 Å². The van der Waals surface area contributed by atoms with Crippen LogP contribution in [0.3, 0.4) is 0 Å². The molecule has 0 aliphatic carbocycles. The lowest BCUT2D eigenvalue weighted by Crippen LogP contribution is -2.44. The van der Waals surface area contributed by atoms with E-state index >= 15 is 0 Å². The average Bonchev–Trinajstić information content (AvgIpc) is 2.41. The highest BCUT2D eigenvalue weighted by molar-refractivity contribution is 5.90. The molecule has 0 spiro atoms. The number of amides is 1. The van der Waals surface area contributed by atoms with Crippen molar-refractivity contribution in [3.8, 4) is 6.07 Å². The zero-order chi connectivity index (χ0) is 13.0. The van der Waals surface area contributed by atoms with Crippen molar-refractivity contribution in [1.82, 2.24) is 0 Å². The predicted molar refractivity (Wildman–Crippen MR) is 67.0 cm³/mol. The summed E-state index contributed by atoms with van der Waals surface area (Å²) in [7, 11) is 0. The molecule has 1 unspecified atom stereocenters. The third kappa shape index (κ3) is 2.44. The molecule has 2 N–H and O–H groups in total. The number of para-hydroxylation sites is 1. The van der Waals surface area contributed by atoms with E-state index in [0.717, 1.165) is 6.42 Å². The number of ether oxygens (including phenoxy) is 1. The van der Waals surface area contributed by atoms with Crippen LogP contribution in [0.1, 0.15) is 12.0 Å². The number of hydrogen-bond acceptors (Lipinski definition) is 4. The van der Waals surface area contributed by atoms with E-state index in [-0.39, 0.29) is 5.92 Å². The minimum absolute atomic E-state index is 0.222. The minimum atomic E-state index is -0.397. The molecular weight excluding hydrogens is 230 g/mol. The summed E-state index contributed by atoms with van der Waals surface area (Å²) in [6.07, 6.45) is 0.407. The fourth-order valence-electron chi connectivity index (χ4n) is 2.06. The van der Waals surface area contributed by atoms with Crippen LogP contribution in [0.5, 0.6) is 0 Å². The Labute approximate surface area is 106 Å². The number of cyclic esters (lactones) is 1. The highest BCUT2D eigenvalue weighted by Crippen LogP contribution is 2.25. The van der Waals surface area contributed by atoms with E-state index < -0.39 is 6.09 Å². The summed E-state index contributed by atoms with van der Waals surface area (Å²) in [6.45, 7) is 1.52. The first kappa shape index (κ1) is 12.4. The van der Waals surface area contributed by atoms with Crippen LogP contribution in [-0.4, -0.2) is 25.8 Å². The second-order valence-electron chi connectivity index (χ2n) is 4.26. The monoisotopic (exact) mass is 245 g/mol. The normalized spacial score (nSPS) is 19.2. The van der Waals surface area contributed by atoms with Crippen molar-refractivity contribution in [1.29, 1.82) is 5.26 Å². The SMILES string of the molecule is N#Cc1ccccc1N1CC(CCN)COC1=O. The van der Waals surface area contributed by atoms with Crippen molar-refractivity contribution in [2.75, 3.05) is 24.6 Å². The van der Waals surface area contributed by atoms with Gasteiger partial charge in [0.25, 0.3) is 0 Å². The van der Waals surface area contributed by atoms with Crippen molar-refractivity contribution in [3.05, 3.63) is 29.8 Å². The first-order chi connectivity index (χ1) is 8.76. The molecule has 1 aliphatic heterocycles. The van der Waals surface area contributed by atoms with Crippen LogP contribution in [-0.2, 0) is 4.74 Å². The van der Waals surface area contributed by atoms with Crippen LogP contribution >= 0.6 is 0 Å². The summed E-state index contributed by atoms with van der Waals surface area (Å²) in [5.74, 6) is 0.222. The summed E-state index contributed by atoms with van der Waals surface area (Å²) >= 11 is 0. The number of carbonyl (C=O) groups excluding carboxylic acids is 1. The van der Waals surface area contributed by atoms with Crippen LogP contribution in [0.15, 0.2) is 24.3 Å². The number of nitriles is 1. The first-order valence-electron chi connectivity index (χ1n) is 5.89. The fraction of sp³-hybridized carbons (Fsp3) is 0.385. The maximum absolute atomic E-state index is 11.8. The summed E-state index contributed by atoms with van der Waals surface area (Å²) in [4.78, 5) is 13.3. The van der Waals surface area contributed by atoms with Crippen LogP contribution < -0.4 is 10.6 Å². The van der Waals surface area contributed by atoms with Gasteiger partial charge in [-0.1, -0.05) is 12.1 Å². The molecule has 94 valence electrons. The summed E-state index contributed by atoms with van der Waals surface area (Å²) < 4.78 is 5.13. The van der Waals surface area contributed by atoms with Crippen LogP contribution in [0.2, 0.25) is 0 Å². The van der Waals surface area contributed by atoms with Gasteiger partial charge in [-0.05, 0) is 25.1 Å². The van der Waals surface area contributed by atoms with Gasteiger partial charge in [-0.15, -0.1) is 0 Å². The molecule has 0 radical (unpaired) electrons. The van der Waals surface area contributed by atoms with E-state index in [1.165, 1.54) is 4.90 Å². The molecule has 1 aliphatic rings.